The lowest BCUT2D eigenvalue weighted by atomic mass is 10.0. The first-order valence-corrected chi connectivity index (χ1v) is 6.47. The fourth-order valence-corrected chi connectivity index (χ4v) is 2.24. The third kappa shape index (κ3) is 2.66. The Morgan fingerprint density at radius 2 is 2.06 bits per heavy atom. The summed E-state index contributed by atoms with van der Waals surface area (Å²) in [6, 6.07) is 7.75. The summed E-state index contributed by atoms with van der Waals surface area (Å²) < 4.78 is 5.91. The maximum Gasteiger partial charge on any atom is 0.227 e. The SMILES string of the molecule is CC(C)CC(=O)N1CC(C)(C)Oc2ccccc21. The van der Waals surface area contributed by atoms with E-state index in [2.05, 4.69) is 13.8 Å². The highest BCUT2D eigenvalue weighted by atomic mass is 16.5. The first kappa shape index (κ1) is 12.9. The van der Waals surface area contributed by atoms with E-state index >= 15 is 0 Å². The van der Waals surface area contributed by atoms with Gasteiger partial charge in [-0.05, 0) is 31.9 Å². The highest BCUT2D eigenvalue weighted by Gasteiger charge is 2.34. The predicted molar refractivity (Wildman–Crippen MR) is 73.0 cm³/mol. The van der Waals surface area contributed by atoms with Gasteiger partial charge in [-0.15, -0.1) is 0 Å². The molecule has 0 bridgehead atoms. The van der Waals surface area contributed by atoms with E-state index in [1.807, 2.05) is 43.0 Å². The van der Waals surface area contributed by atoms with Crippen molar-refractivity contribution in [2.45, 2.75) is 39.7 Å². The monoisotopic (exact) mass is 247 g/mol. The quantitative estimate of drug-likeness (QED) is 0.803. The van der Waals surface area contributed by atoms with Gasteiger partial charge < -0.3 is 9.64 Å². The number of carbonyl (C=O) groups excluding carboxylic acids is 1. The Bertz CT molecular complexity index is 452. The second-order valence-electron chi connectivity index (χ2n) is 5.91. The number of ether oxygens (including phenoxy) is 1. The molecule has 1 aliphatic rings. The fourth-order valence-electron chi connectivity index (χ4n) is 2.24. The van der Waals surface area contributed by atoms with Crippen molar-refractivity contribution < 1.29 is 9.53 Å². The van der Waals surface area contributed by atoms with E-state index in [1.165, 1.54) is 0 Å². The van der Waals surface area contributed by atoms with E-state index in [0.29, 0.717) is 18.9 Å². The molecule has 18 heavy (non-hydrogen) atoms. The zero-order valence-electron chi connectivity index (χ0n) is 11.6. The summed E-state index contributed by atoms with van der Waals surface area (Å²) in [5, 5.41) is 0. The van der Waals surface area contributed by atoms with Crippen LogP contribution in [0.2, 0.25) is 0 Å². The summed E-state index contributed by atoms with van der Waals surface area (Å²) in [5.41, 5.74) is 0.559. The Hall–Kier alpha value is -1.51. The predicted octanol–water partition coefficient (Wildman–Crippen LogP) is 3.24. The highest BCUT2D eigenvalue weighted by molar-refractivity contribution is 5.95. The van der Waals surface area contributed by atoms with Crippen molar-refractivity contribution in [3.63, 3.8) is 0 Å². The van der Waals surface area contributed by atoms with Crippen molar-refractivity contribution in [2.75, 3.05) is 11.4 Å². The standard InChI is InChI=1S/C15H21NO2/c1-11(2)9-14(17)16-10-15(3,4)18-13-8-6-5-7-12(13)16/h5-8,11H,9-10H2,1-4H3. The maximum absolute atomic E-state index is 12.3. The summed E-state index contributed by atoms with van der Waals surface area (Å²) in [6.07, 6.45) is 0.574. The van der Waals surface area contributed by atoms with E-state index in [0.717, 1.165) is 11.4 Å². The number of carbonyl (C=O) groups is 1. The molecule has 1 aliphatic heterocycles. The zero-order chi connectivity index (χ0) is 13.3. The van der Waals surface area contributed by atoms with Crippen molar-refractivity contribution in [2.24, 2.45) is 5.92 Å². The number of benzene rings is 1. The number of rotatable bonds is 2. The fraction of sp³-hybridized carbons (Fsp3) is 0.533. The molecule has 0 unspecified atom stereocenters. The summed E-state index contributed by atoms with van der Waals surface area (Å²) in [7, 11) is 0. The Balaban J connectivity index is 2.33. The molecule has 0 saturated carbocycles. The minimum atomic E-state index is -0.332. The Morgan fingerprint density at radius 3 is 2.72 bits per heavy atom. The number of anilines is 1. The molecule has 0 N–H and O–H groups in total. The van der Waals surface area contributed by atoms with E-state index in [4.69, 9.17) is 4.74 Å². The molecule has 0 aromatic heterocycles. The number of fused-ring (bicyclic) bond motifs is 1. The van der Waals surface area contributed by atoms with E-state index in [-0.39, 0.29) is 11.5 Å². The molecule has 0 atom stereocenters. The van der Waals surface area contributed by atoms with Crippen LogP contribution in [-0.2, 0) is 4.79 Å². The Kier molecular flexibility index (Phi) is 3.33. The molecule has 3 nitrogen and oxygen atoms in total. The van der Waals surface area contributed by atoms with Gasteiger partial charge in [0.05, 0.1) is 12.2 Å². The van der Waals surface area contributed by atoms with Crippen molar-refractivity contribution in [3.05, 3.63) is 24.3 Å². The maximum atomic E-state index is 12.3. The third-order valence-electron chi connectivity index (χ3n) is 2.97. The van der Waals surface area contributed by atoms with Gasteiger partial charge in [0.15, 0.2) is 0 Å². The van der Waals surface area contributed by atoms with Gasteiger partial charge in [-0.2, -0.15) is 0 Å². The van der Waals surface area contributed by atoms with Crippen LogP contribution in [0, 0.1) is 5.92 Å². The minimum Gasteiger partial charge on any atom is -0.484 e. The molecule has 1 heterocycles. The van der Waals surface area contributed by atoms with E-state index in [1.54, 1.807) is 0 Å². The van der Waals surface area contributed by atoms with Gasteiger partial charge in [-0.1, -0.05) is 26.0 Å². The summed E-state index contributed by atoms with van der Waals surface area (Å²) in [6.45, 7) is 8.76. The lowest BCUT2D eigenvalue weighted by Crippen LogP contribution is -2.49. The molecule has 0 aliphatic carbocycles. The second kappa shape index (κ2) is 4.63. The van der Waals surface area contributed by atoms with Crippen LogP contribution in [0.4, 0.5) is 5.69 Å². The minimum absolute atomic E-state index is 0.175. The van der Waals surface area contributed by atoms with Crippen molar-refractivity contribution in [1.82, 2.24) is 0 Å². The number of hydrogen-bond donors (Lipinski definition) is 0. The first-order chi connectivity index (χ1) is 8.39. The molecule has 0 fully saturated rings. The number of nitrogens with zero attached hydrogens (tertiary/aromatic N) is 1. The highest BCUT2D eigenvalue weighted by Crippen LogP contribution is 2.37. The van der Waals surface area contributed by atoms with Crippen LogP contribution in [0.3, 0.4) is 0 Å². The van der Waals surface area contributed by atoms with Crippen LogP contribution in [-0.4, -0.2) is 18.1 Å². The van der Waals surface area contributed by atoms with Gasteiger partial charge in [-0.25, -0.2) is 0 Å². The van der Waals surface area contributed by atoms with Crippen molar-refractivity contribution in [1.29, 1.82) is 0 Å². The second-order valence-corrected chi connectivity index (χ2v) is 5.91. The molecule has 3 heteroatoms. The zero-order valence-corrected chi connectivity index (χ0v) is 11.6. The summed E-state index contributed by atoms with van der Waals surface area (Å²) >= 11 is 0. The van der Waals surface area contributed by atoms with Crippen molar-refractivity contribution >= 4 is 11.6 Å². The lowest BCUT2D eigenvalue weighted by Gasteiger charge is -2.40. The van der Waals surface area contributed by atoms with Gasteiger partial charge in [0.1, 0.15) is 11.4 Å². The van der Waals surface area contributed by atoms with Gasteiger partial charge in [0.2, 0.25) is 5.91 Å². The van der Waals surface area contributed by atoms with Crippen LogP contribution in [0.1, 0.15) is 34.1 Å². The van der Waals surface area contributed by atoms with Crippen LogP contribution in [0.25, 0.3) is 0 Å². The topological polar surface area (TPSA) is 29.5 Å². The third-order valence-corrected chi connectivity index (χ3v) is 2.97. The molecule has 0 radical (unpaired) electrons. The largest absolute Gasteiger partial charge is 0.484 e. The summed E-state index contributed by atoms with van der Waals surface area (Å²) in [4.78, 5) is 14.2. The molecule has 98 valence electrons. The van der Waals surface area contributed by atoms with Crippen LogP contribution < -0.4 is 9.64 Å². The molecular weight excluding hydrogens is 226 g/mol. The molecule has 0 saturated heterocycles. The molecular formula is C15H21NO2. The molecule has 2 rings (SSSR count). The van der Waals surface area contributed by atoms with Crippen LogP contribution >= 0.6 is 0 Å². The summed E-state index contributed by atoms with van der Waals surface area (Å²) in [5.74, 6) is 1.34. The Labute approximate surface area is 109 Å². The Morgan fingerprint density at radius 1 is 1.39 bits per heavy atom. The average molecular weight is 247 g/mol. The van der Waals surface area contributed by atoms with Crippen molar-refractivity contribution in [3.8, 4) is 5.75 Å². The van der Waals surface area contributed by atoms with Gasteiger partial charge >= 0.3 is 0 Å². The first-order valence-electron chi connectivity index (χ1n) is 6.47. The molecule has 1 aromatic rings. The molecule has 1 aromatic carbocycles. The van der Waals surface area contributed by atoms with Crippen LogP contribution in [0.5, 0.6) is 5.75 Å². The number of para-hydroxylation sites is 2. The molecule has 0 spiro atoms. The van der Waals surface area contributed by atoms with E-state index in [9.17, 15) is 4.79 Å². The smallest absolute Gasteiger partial charge is 0.227 e. The number of amides is 1. The normalized spacial score (nSPS) is 17.3. The number of hydrogen-bond acceptors (Lipinski definition) is 2. The van der Waals surface area contributed by atoms with Gasteiger partial charge in [0, 0.05) is 6.42 Å². The molecule has 1 amide bonds. The van der Waals surface area contributed by atoms with Crippen LogP contribution in [0.15, 0.2) is 24.3 Å². The lowest BCUT2D eigenvalue weighted by molar-refractivity contribution is -0.120. The van der Waals surface area contributed by atoms with E-state index < -0.39 is 0 Å². The van der Waals surface area contributed by atoms with Gasteiger partial charge in [-0.3, -0.25) is 4.79 Å². The van der Waals surface area contributed by atoms with Gasteiger partial charge in [0.25, 0.3) is 0 Å². The average Bonchev–Trinajstić information content (AvgIpc) is 2.25.